The number of carbonyl (C=O) groups is 1. The number of hydrogen-bond donors (Lipinski definition) is 1. The normalized spacial score (nSPS) is 17.8. The van der Waals surface area contributed by atoms with Crippen LogP contribution >= 0.6 is 22.7 Å². The van der Waals surface area contributed by atoms with Crippen molar-refractivity contribution in [3.63, 3.8) is 0 Å². The molecule has 1 saturated heterocycles. The van der Waals surface area contributed by atoms with Crippen molar-refractivity contribution in [2.75, 3.05) is 25.5 Å². The molecule has 3 rings (SSSR count). The highest BCUT2D eigenvalue weighted by Crippen LogP contribution is 2.31. The molecule has 1 atom stereocenters. The van der Waals surface area contributed by atoms with Crippen molar-refractivity contribution in [2.45, 2.75) is 32.4 Å². The van der Waals surface area contributed by atoms with Crippen molar-refractivity contribution in [2.24, 2.45) is 0 Å². The van der Waals surface area contributed by atoms with Crippen LogP contribution in [0.1, 0.15) is 33.7 Å². The van der Waals surface area contributed by atoms with Crippen LogP contribution in [-0.2, 0) is 16.1 Å². The highest BCUT2D eigenvalue weighted by Gasteiger charge is 2.22. The van der Waals surface area contributed by atoms with Crippen LogP contribution in [0.4, 0.5) is 5.13 Å². The number of rotatable bonds is 6. The monoisotopic (exact) mass is 352 g/mol. The summed E-state index contributed by atoms with van der Waals surface area (Å²) in [7, 11) is 1.94. The molecule has 8 heteroatoms. The largest absolute Gasteiger partial charge is 0.371 e. The molecular formula is C15H20N4O2S2. The summed E-state index contributed by atoms with van der Waals surface area (Å²) in [6, 6.07) is 4.20. The average molecular weight is 352 g/mol. The van der Waals surface area contributed by atoms with E-state index in [1.165, 1.54) is 21.1 Å². The summed E-state index contributed by atoms with van der Waals surface area (Å²) < 4.78 is 5.58. The van der Waals surface area contributed by atoms with E-state index >= 15 is 0 Å². The van der Waals surface area contributed by atoms with E-state index in [0.29, 0.717) is 11.7 Å². The van der Waals surface area contributed by atoms with Crippen molar-refractivity contribution < 1.29 is 9.53 Å². The Kier molecular flexibility index (Phi) is 5.37. The van der Waals surface area contributed by atoms with E-state index in [-0.39, 0.29) is 12.0 Å². The fourth-order valence-corrected chi connectivity index (χ4v) is 4.30. The second-order valence-corrected chi connectivity index (χ2v) is 8.06. The van der Waals surface area contributed by atoms with Crippen LogP contribution in [0.5, 0.6) is 0 Å². The van der Waals surface area contributed by atoms with Crippen molar-refractivity contribution >= 4 is 33.7 Å². The van der Waals surface area contributed by atoms with Crippen LogP contribution in [0.25, 0.3) is 0 Å². The lowest BCUT2D eigenvalue weighted by Gasteiger charge is -2.14. The van der Waals surface area contributed by atoms with E-state index < -0.39 is 0 Å². The van der Waals surface area contributed by atoms with E-state index in [1.807, 2.05) is 11.9 Å². The molecule has 0 saturated carbocycles. The molecule has 124 valence electrons. The number of likely N-dealkylation sites (N-methyl/N-ethyl adjacent to an activating group) is 1. The van der Waals surface area contributed by atoms with Gasteiger partial charge in [0.25, 0.3) is 0 Å². The van der Waals surface area contributed by atoms with Crippen molar-refractivity contribution in [3.05, 3.63) is 26.9 Å². The van der Waals surface area contributed by atoms with Gasteiger partial charge in [-0.05, 0) is 38.9 Å². The second-order valence-electron chi connectivity index (χ2n) is 5.68. The number of nitrogens with zero attached hydrogens (tertiary/aromatic N) is 3. The van der Waals surface area contributed by atoms with E-state index in [9.17, 15) is 4.79 Å². The van der Waals surface area contributed by atoms with Gasteiger partial charge in [-0.1, -0.05) is 11.3 Å². The summed E-state index contributed by atoms with van der Waals surface area (Å²) in [5.74, 6) is -0.0733. The van der Waals surface area contributed by atoms with Crippen LogP contribution in [0.15, 0.2) is 12.1 Å². The zero-order chi connectivity index (χ0) is 16.2. The molecule has 2 aromatic heterocycles. The van der Waals surface area contributed by atoms with Gasteiger partial charge in [-0.15, -0.1) is 21.5 Å². The maximum atomic E-state index is 12.1. The molecule has 0 unspecified atom stereocenters. The van der Waals surface area contributed by atoms with Crippen LogP contribution in [0.3, 0.4) is 0 Å². The lowest BCUT2D eigenvalue weighted by atomic mass is 10.2. The summed E-state index contributed by atoms with van der Waals surface area (Å²) >= 11 is 3.15. The zero-order valence-corrected chi connectivity index (χ0v) is 14.9. The van der Waals surface area contributed by atoms with E-state index in [2.05, 4.69) is 34.6 Å². The van der Waals surface area contributed by atoms with Crippen LogP contribution in [0, 0.1) is 6.92 Å². The first-order valence-electron chi connectivity index (χ1n) is 7.59. The maximum Gasteiger partial charge on any atom is 0.240 e. The van der Waals surface area contributed by atoms with Gasteiger partial charge in [0.15, 0.2) is 0 Å². The lowest BCUT2D eigenvalue weighted by Crippen LogP contribution is -2.29. The first-order chi connectivity index (χ1) is 11.1. The lowest BCUT2D eigenvalue weighted by molar-refractivity contribution is -0.117. The molecule has 1 aliphatic rings. The summed E-state index contributed by atoms with van der Waals surface area (Å²) in [6.45, 7) is 3.95. The molecule has 0 bridgehead atoms. The molecule has 3 heterocycles. The third-order valence-electron chi connectivity index (χ3n) is 3.53. The van der Waals surface area contributed by atoms with Gasteiger partial charge in [0, 0.05) is 22.9 Å². The Morgan fingerprint density at radius 3 is 3.00 bits per heavy atom. The van der Waals surface area contributed by atoms with Crippen molar-refractivity contribution in [1.29, 1.82) is 0 Å². The predicted octanol–water partition coefficient (Wildman–Crippen LogP) is 2.83. The molecule has 2 aromatic rings. The van der Waals surface area contributed by atoms with Gasteiger partial charge in [0.1, 0.15) is 11.1 Å². The van der Waals surface area contributed by atoms with E-state index in [4.69, 9.17) is 4.74 Å². The molecule has 0 spiro atoms. The summed E-state index contributed by atoms with van der Waals surface area (Å²) in [5, 5.41) is 12.4. The minimum Gasteiger partial charge on any atom is -0.371 e. The number of hydrogen-bond acceptors (Lipinski definition) is 7. The summed E-state index contributed by atoms with van der Waals surface area (Å²) in [6.07, 6.45) is 2.08. The van der Waals surface area contributed by atoms with Crippen molar-refractivity contribution in [3.8, 4) is 0 Å². The minimum atomic E-state index is -0.0733. The SMILES string of the molecule is Cc1ccc(CN(C)CC(=O)Nc2nnc([C@H]3CCCO3)s2)s1. The molecule has 1 amide bonds. The molecule has 1 fully saturated rings. The fourth-order valence-electron chi connectivity index (χ4n) is 2.48. The zero-order valence-electron chi connectivity index (χ0n) is 13.2. The smallest absolute Gasteiger partial charge is 0.240 e. The number of nitrogens with one attached hydrogen (secondary N) is 1. The number of aromatic nitrogens is 2. The molecule has 0 aromatic carbocycles. The quantitative estimate of drug-likeness (QED) is 0.866. The standard InChI is InChI=1S/C15H20N4O2S2/c1-10-5-6-11(22-10)8-19(2)9-13(20)16-15-18-17-14(23-15)12-4-3-7-21-12/h5-6,12H,3-4,7-9H2,1-2H3,(H,16,18,20)/t12-/m1/s1. The highest BCUT2D eigenvalue weighted by molar-refractivity contribution is 7.15. The van der Waals surface area contributed by atoms with Crippen LogP contribution < -0.4 is 5.32 Å². The Hall–Kier alpha value is -1.35. The van der Waals surface area contributed by atoms with Crippen LogP contribution in [-0.4, -0.2) is 41.2 Å². The van der Waals surface area contributed by atoms with Gasteiger partial charge in [-0.2, -0.15) is 0 Å². The number of thiophene rings is 1. The minimum absolute atomic E-state index is 0.0443. The third kappa shape index (κ3) is 4.57. The average Bonchev–Trinajstić information content (AvgIpc) is 3.19. The Balaban J connectivity index is 1.48. The first kappa shape index (κ1) is 16.5. The van der Waals surface area contributed by atoms with Gasteiger partial charge in [-0.3, -0.25) is 15.0 Å². The van der Waals surface area contributed by atoms with Gasteiger partial charge < -0.3 is 4.74 Å². The Morgan fingerprint density at radius 1 is 1.43 bits per heavy atom. The van der Waals surface area contributed by atoms with Crippen LogP contribution in [0.2, 0.25) is 0 Å². The molecule has 23 heavy (non-hydrogen) atoms. The summed E-state index contributed by atoms with van der Waals surface area (Å²) in [4.78, 5) is 16.6. The molecule has 1 aliphatic heterocycles. The molecule has 0 aliphatic carbocycles. The molecular weight excluding hydrogens is 332 g/mol. The fraction of sp³-hybridized carbons (Fsp3) is 0.533. The van der Waals surface area contributed by atoms with Gasteiger partial charge in [-0.25, -0.2) is 0 Å². The Labute approximate surface area is 143 Å². The Morgan fingerprint density at radius 2 is 2.30 bits per heavy atom. The van der Waals surface area contributed by atoms with Gasteiger partial charge >= 0.3 is 0 Å². The Bertz CT molecular complexity index is 664. The molecule has 0 radical (unpaired) electrons. The third-order valence-corrected chi connectivity index (χ3v) is 5.44. The number of aryl methyl sites for hydroxylation is 1. The predicted molar refractivity (Wildman–Crippen MR) is 91.9 cm³/mol. The number of ether oxygens (including phenoxy) is 1. The number of carbonyl (C=O) groups excluding carboxylic acids is 1. The van der Waals surface area contributed by atoms with Gasteiger partial charge in [0.05, 0.1) is 6.54 Å². The number of anilines is 1. The second kappa shape index (κ2) is 7.48. The van der Waals surface area contributed by atoms with Crippen molar-refractivity contribution in [1.82, 2.24) is 15.1 Å². The van der Waals surface area contributed by atoms with Gasteiger partial charge in [0.2, 0.25) is 11.0 Å². The highest BCUT2D eigenvalue weighted by atomic mass is 32.1. The summed E-state index contributed by atoms with van der Waals surface area (Å²) in [5.41, 5.74) is 0. The first-order valence-corrected chi connectivity index (χ1v) is 9.22. The topological polar surface area (TPSA) is 67.4 Å². The van der Waals surface area contributed by atoms with E-state index in [1.54, 1.807) is 11.3 Å². The van der Waals surface area contributed by atoms with E-state index in [0.717, 1.165) is 31.0 Å². The maximum absolute atomic E-state index is 12.1. The molecule has 6 nitrogen and oxygen atoms in total. The number of amides is 1. The molecule has 1 N–H and O–H groups in total.